The van der Waals surface area contributed by atoms with Crippen LogP contribution in [0.1, 0.15) is 23.6 Å². The molecular weight excluding hydrogens is 322 g/mol. The van der Waals surface area contributed by atoms with Gasteiger partial charge in [-0.1, -0.05) is 6.07 Å². The van der Waals surface area contributed by atoms with E-state index in [4.69, 9.17) is 4.74 Å². The Morgan fingerprint density at radius 1 is 1.24 bits per heavy atom. The third-order valence-corrected chi connectivity index (χ3v) is 4.98. The predicted octanol–water partition coefficient (Wildman–Crippen LogP) is -0.180. The molecular formula is C17H21N5O3. The standard InChI is InChI=1S/C17H21N5O3/c1-12-4-3-5-13(18-12)8-21-7-6-17(10-21)11-22-14(9-25-17)19-20(2)15(23)16(22)24/h3-5H,6-11H2,1-2H3/t17-/m1/s1. The number of hydrogen-bond donors (Lipinski definition) is 0. The predicted molar refractivity (Wildman–Crippen MR) is 90.1 cm³/mol. The second-order valence-corrected chi connectivity index (χ2v) is 6.94. The summed E-state index contributed by atoms with van der Waals surface area (Å²) >= 11 is 0. The Morgan fingerprint density at radius 2 is 2.08 bits per heavy atom. The van der Waals surface area contributed by atoms with E-state index in [0.717, 1.165) is 35.6 Å². The Kier molecular flexibility index (Phi) is 3.81. The van der Waals surface area contributed by atoms with Crippen LogP contribution in [0.15, 0.2) is 27.8 Å². The molecule has 0 N–H and O–H groups in total. The fourth-order valence-electron chi connectivity index (χ4n) is 3.69. The number of aryl methyl sites for hydroxylation is 2. The van der Waals surface area contributed by atoms with Gasteiger partial charge in [0.25, 0.3) is 0 Å². The van der Waals surface area contributed by atoms with Crippen molar-refractivity contribution in [3.05, 3.63) is 56.1 Å². The number of likely N-dealkylation sites (tertiary alicyclic amines) is 1. The van der Waals surface area contributed by atoms with Gasteiger partial charge in [-0.3, -0.25) is 24.0 Å². The van der Waals surface area contributed by atoms with E-state index in [2.05, 4.69) is 15.0 Å². The van der Waals surface area contributed by atoms with Crippen LogP contribution >= 0.6 is 0 Å². The van der Waals surface area contributed by atoms with Crippen LogP contribution < -0.4 is 11.1 Å². The normalized spacial score (nSPS) is 23.1. The molecule has 2 aliphatic heterocycles. The highest BCUT2D eigenvalue weighted by Crippen LogP contribution is 2.31. The smallest absolute Gasteiger partial charge is 0.332 e. The van der Waals surface area contributed by atoms with Gasteiger partial charge in [0.05, 0.1) is 12.2 Å². The van der Waals surface area contributed by atoms with Gasteiger partial charge in [0.15, 0.2) is 5.82 Å². The first-order valence-electron chi connectivity index (χ1n) is 8.42. The average Bonchev–Trinajstić information content (AvgIpc) is 2.96. The Morgan fingerprint density at radius 3 is 2.88 bits per heavy atom. The van der Waals surface area contributed by atoms with E-state index >= 15 is 0 Å². The van der Waals surface area contributed by atoms with Crippen molar-refractivity contribution in [3.63, 3.8) is 0 Å². The van der Waals surface area contributed by atoms with Crippen molar-refractivity contribution < 1.29 is 4.74 Å². The van der Waals surface area contributed by atoms with E-state index in [-0.39, 0.29) is 6.61 Å². The summed E-state index contributed by atoms with van der Waals surface area (Å²) in [5, 5.41) is 4.14. The highest BCUT2D eigenvalue weighted by molar-refractivity contribution is 5.11. The molecule has 1 saturated heterocycles. The summed E-state index contributed by atoms with van der Waals surface area (Å²) in [4.78, 5) is 31.0. The fourth-order valence-corrected chi connectivity index (χ4v) is 3.69. The number of rotatable bonds is 2. The number of hydrogen-bond acceptors (Lipinski definition) is 6. The van der Waals surface area contributed by atoms with Gasteiger partial charge >= 0.3 is 11.1 Å². The molecule has 0 radical (unpaired) electrons. The highest BCUT2D eigenvalue weighted by atomic mass is 16.5. The van der Waals surface area contributed by atoms with Gasteiger partial charge in [-0.05, 0) is 25.5 Å². The molecule has 8 heteroatoms. The topological polar surface area (TPSA) is 82.2 Å². The average molecular weight is 343 g/mol. The van der Waals surface area contributed by atoms with Gasteiger partial charge in [0.1, 0.15) is 12.2 Å². The van der Waals surface area contributed by atoms with Gasteiger partial charge in [0, 0.05) is 32.4 Å². The van der Waals surface area contributed by atoms with Crippen molar-refractivity contribution in [2.75, 3.05) is 13.1 Å². The monoisotopic (exact) mass is 343 g/mol. The zero-order valence-corrected chi connectivity index (χ0v) is 14.4. The minimum absolute atomic E-state index is 0.250. The molecule has 4 heterocycles. The number of ether oxygens (including phenoxy) is 1. The molecule has 25 heavy (non-hydrogen) atoms. The molecule has 132 valence electrons. The summed E-state index contributed by atoms with van der Waals surface area (Å²) in [5.41, 5.74) is 0.478. The van der Waals surface area contributed by atoms with Crippen molar-refractivity contribution in [2.24, 2.45) is 7.05 Å². The van der Waals surface area contributed by atoms with E-state index in [1.807, 2.05) is 25.1 Å². The summed E-state index contributed by atoms with van der Waals surface area (Å²) in [6.45, 7) is 4.95. The second kappa shape index (κ2) is 5.89. The third kappa shape index (κ3) is 2.91. The summed E-state index contributed by atoms with van der Waals surface area (Å²) in [7, 11) is 1.49. The molecule has 2 aliphatic rings. The minimum atomic E-state index is -0.598. The molecule has 0 saturated carbocycles. The van der Waals surface area contributed by atoms with Crippen LogP contribution in [0.2, 0.25) is 0 Å². The zero-order valence-electron chi connectivity index (χ0n) is 14.4. The maximum Gasteiger partial charge on any atom is 0.332 e. The molecule has 0 unspecified atom stereocenters. The van der Waals surface area contributed by atoms with Gasteiger partial charge in [0.2, 0.25) is 0 Å². The molecule has 1 atom stereocenters. The van der Waals surface area contributed by atoms with Gasteiger partial charge in [-0.2, -0.15) is 5.10 Å². The summed E-state index contributed by atoms with van der Waals surface area (Å²) in [6.07, 6.45) is 0.819. The summed E-state index contributed by atoms with van der Waals surface area (Å²) in [5.74, 6) is 0.511. The largest absolute Gasteiger partial charge is 0.364 e. The number of pyridine rings is 1. The lowest BCUT2D eigenvalue weighted by Gasteiger charge is -2.35. The lowest BCUT2D eigenvalue weighted by atomic mass is 10.0. The van der Waals surface area contributed by atoms with Crippen molar-refractivity contribution in [1.82, 2.24) is 24.2 Å². The van der Waals surface area contributed by atoms with Crippen LogP contribution in [0.3, 0.4) is 0 Å². The first-order valence-corrected chi connectivity index (χ1v) is 8.42. The Balaban J connectivity index is 1.54. The zero-order chi connectivity index (χ0) is 17.6. The van der Waals surface area contributed by atoms with Crippen LogP contribution in [0.25, 0.3) is 0 Å². The van der Waals surface area contributed by atoms with Crippen molar-refractivity contribution in [3.8, 4) is 0 Å². The molecule has 0 aromatic carbocycles. The maximum absolute atomic E-state index is 12.3. The Labute approximate surface area is 144 Å². The van der Waals surface area contributed by atoms with E-state index < -0.39 is 16.7 Å². The lowest BCUT2D eigenvalue weighted by Crippen LogP contribution is -2.52. The Bertz CT molecular complexity index is 935. The Hall–Kier alpha value is -2.32. The van der Waals surface area contributed by atoms with Crippen LogP contribution in [-0.4, -0.2) is 42.9 Å². The molecule has 2 aromatic heterocycles. The van der Waals surface area contributed by atoms with Crippen molar-refractivity contribution in [1.29, 1.82) is 0 Å². The lowest BCUT2D eigenvalue weighted by molar-refractivity contribution is -0.0858. The van der Waals surface area contributed by atoms with E-state index in [1.165, 1.54) is 11.6 Å². The molecule has 2 aromatic rings. The first kappa shape index (κ1) is 16.2. The SMILES string of the molecule is Cc1cccc(CN2CC[C@@]3(C2)Cn2c(nn(C)c(=O)c2=O)CO3)n1. The third-order valence-electron chi connectivity index (χ3n) is 4.98. The second-order valence-electron chi connectivity index (χ2n) is 6.94. The molecule has 0 amide bonds. The van der Waals surface area contributed by atoms with Gasteiger partial charge < -0.3 is 4.74 Å². The summed E-state index contributed by atoms with van der Waals surface area (Å²) < 4.78 is 8.66. The molecule has 0 bridgehead atoms. The summed E-state index contributed by atoms with van der Waals surface area (Å²) in [6, 6.07) is 6.01. The molecule has 8 nitrogen and oxygen atoms in total. The van der Waals surface area contributed by atoms with Gasteiger partial charge in [-0.15, -0.1) is 0 Å². The highest BCUT2D eigenvalue weighted by Gasteiger charge is 2.43. The van der Waals surface area contributed by atoms with Crippen LogP contribution in [0.5, 0.6) is 0 Å². The quantitative estimate of drug-likeness (QED) is 0.704. The van der Waals surface area contributed by atoms with Crippen LogP contribution in [0, 0.1) is 6.92 Å². The van der Waals surface area contributed by atoms with Crippen molar-refractivity contribution >= 4 is 0 Å². The number of fused-ring (bicyclic) bond motifs is 1. The molecule has 1 spiro atoms. The number of nitrogens with zero attached hydrogens (tertiary/aromatic N) is 5. The van der Waals surface area contributed by atoms with Crippen molar-refractivity contribution in [2.45, 2.75) is 38.6 Å². The van der Waals surface area contributed by atoms with E-state index in [1.54, 1.807) is 0 Å². The molecule has 0 aliphatic carbocycles. The fraction of sp³-hybridized carbons (Fsp3) is 0.529. The van der Waals surface area contributed by atoms with Crippen LogP contribution in [-0.2, 0) is 31.5 Å². The first-order chi connectivity index (χ1) is 12.0. The molecule has 1 fully saturated rings. The van der Waals surface area contributed by atoms with E-state index in [0.29, 0.717) is 18.9 Å². The van der Waals surface area contributed by atoms with E-state index in [9.17, 15) is 9.59 Å². The maximum atomic E-state index is 12.3. The number of aromatic nitrogens is 4. The molecule has 4 rings (SSSR count). The van der Waals surface area contributed by atoms with Crippen LogP contribution in [0.4, 0.5) is 0 Å². The van der Waals surface area contributed by atoms with Gasteiger partial charge in [-0.25, -0.2) is 4.68 Å². The minimum Gasteiger partial charge on any atom is -0.364 e.